The van der Waals surface area contributed by atoms with E-state index in [9.17, 15) is 13.2 Å². The summed E-state index contributed by atoms with van der Waals surface area (Å²) in [4.78, 5) is 0. The van der Waals surface area contributed by atoms with Crippen LogP contribution in [-0.2, 0) is 19.8 Å². The van der Waals surface area contributed by atoms with Gasteiger partial charge in [-0.25, -0.2) is 0 Å². The van der Waals surface area contributed by atoms with Crippen LogP contribution in [0, 0.1) is 13.8 Å². The third kappa shape index (κ3) is 3.50. The van der Waals surface area contributed by atoms with Crippen LogP contribution in [0.4, 0.5) is 18.9 Å². The van der Waals surface area contributed by atoms with Crippen molar-refractivity contribution in [3.05, 3.63) is 45.7 Å². The minimum absolute atomic E-state index is 0.0481. The average Bonchev–Trinajstić information content (AvgIpc) is 2.59. The minimum atomic E-state index is -4.42. The molecule has 0 saturated carbocycles. The number of aryl methyl sites for hydroxylation is 2. The summed E-state index contributed by atoms with van der Waals surface area (Å²) in [5.41, 5.74) is 2.35. The molecule has 0 unspecified atom stereocenters. The Morgan fingerprint density at radius 3 is 2.43 bits per heavy atom. The van der Waals surface area contributed by atoms with Crippen LogP contribution in [0.1, 0.15) is 22.5 Å². The predicted molar refractivity (Wildman–Crippen MR) is 76.5 cm³/mol. The standard InChI is InChI=1S/C14H15ClF3N3/c1-8-13(9(2)21(3)20-8)7-19-12-5-10(14(16,17)18)4-11(15)6-12/h4-6,19H,7H2,1-3H3. The molecule has 114 valence electrons. The zero-order chi connectivity index (χ0) is 15.8. The molecule has 2 aromatic rings. The summed E-state index contributed by atoms with van der Waals surface area (Å²) in [6, 6.07) is 3.43. The Hall–Kier alpha value is -1.69. The van der Waals surface area contributed by atoms with Gasteiger partial charge in [0.05, 0.1) is 11.3 Å². The van der Waals surface area contributed by atoms with Crippen LogP contribution in [0.15, 0.2) is 18.2 Å². The molecule has 0 spiro atoms. The van der Waals surface area contributed by atoms with Crippen LogP contribution in [0.25, 0.3) is 0 Å². The van der Waals surface area contributed by atoms with Gasteiger partial charge in [0.25, 0.3) is 0 Å². The fourth-order valence-electron chi connectivity index (χ4n) is 2.12. The molecule has 0 amide bonds. The second-order valence-corrected chi connectivity index (χ2v) is 5.29. The smallest absolute Gasteiger partial charge is 0.381 e. The van der Waals surface area contributed by atoms with Crippen molar-refractivity contribution >= 4 is 17.3 Å². The molecule has 0 aliphatic heterocycles. The summed E-state index contributed by atoms with van der Waals surface area (Å²) < 4.78 is 40.0. The molecule has 0 saturated heterocycles. The lowest BCUT2D eigenvalue weighted by atomic mass is 10.1. The van der Waals surface area contributed by atoms with E-state index in [1.165, 1.54) is 6.07 Å². The van der Waals surface area contributed by atoms with E-state index in [1.54, 1.807) is 4.68 Å². The minimum Gasteiger partial charge on any atom is -0.381 e. The zero-order valence-electron chi connectivity index (χ0n) is 11.8. The van der Waals surface area contributed by atoms with E-state index in [1.807, 2.05) is 20.9 Å². The molecular formula is C14H15ClF3N3. The highest BCUT2D eigenvalue weighted by atomic mass is 35.5. The number of benzene rings is 1. The number of nitrogens with one attached hydrogen (secondary N) is 1. The van der Waals surface area contributed by atoms with Crippen LogP contribution in [-0.4, -0.2) is 9.78 Å². The van der Waals surface area contributed by atoms with Crippen molar-refractivity contribution in [2.24, 2.45) is 7.05 Å². The van der Waals surface area contributed by atoms with Crippen molar-refractivity contribution in [3.8, 4) is 0 Å². The molecule has 0 bridgehead atoms. The molecule has 0 aliphatic carbocycles. The van der Waals surface area contributed by atoms with Crippen molar-refractivity contribution in [1.82, 2.24) is 9.78 Å². The SMILES string of the molecule is Cc1nn(C)c(C)c1CNc1cc(Cl)cc(C(F)(F)F)c1. The molecule has 21 heavy (non-hydrogen) atoms. The Morgan fingerprint density at radius 2 is 1.90 bits per heavy atom. The van der Waals surface area contributed by atoms with Gasteiger partial charge in [-0.1, -0.05) is 11.6 Å². The van der Waals surface area contributed by atoms with Gasteiger partial charge < -0.3 is 5.32 Å². The quantitative estimate of drug-likeness (QED) is 0.913. The van der Waals surface area contributed by atoms with E-state index in [2.05, 4.69) is 10.4 Å². The summed E-state index contributed by atoms with van der Waals surface area (Å²) in [5.74, 6) is 0. The van der Waals surface area contributed by atoms with Crippen molar-refractivity contribution in [3.63, 3.8) is 0 Å². The van der Waals surface area contributed by atoms with Crippen LogP contribution in [0.3, 0.4) is 0 Å². The Bertz CT molecular complexity index is 662. The van der Waals surface area contributed by atoms with E-state index in [4.69, 9.17) is 11.6 Å². The first-order valence-corrected chi connectivity index (χ1v) is 6.67. The summed E-state index contributed by atoms with van der Waals surface area (Å²) >= 11 is 5.75. The number of hydrogen-bond acceptors (Lipinski definition) is 2. The van der Waals surface area contributed by atoms with E-state index in [0.717, 1.165) is 29.1 Å². The number of aromatic nitrogens is 2. The van der Waals surface area contributed by atoms with Crippen LogP contribution < -0.4 is 5.32 Å². The molecule has 1 N–H and O–H groups in total. The van der Waals surface area contributed by atoms with E-state index >= 15 is 0 Å². The van der Waals surface area contributed by atoms with Gasteiger partial charge in [-0.05, 0) is 32.0 Å². The highest BCUT2D eigenvalue weighted by Crippen LogP contribution is 2.33. The third-order valence-corrected chi connectivity index (χ3v) is 3.57. The maximum atomic E-state index is 12.7. The number of anilines is 1. The Balaban J connectivity index is 2.22. The number of hydrogen-bond donors (Lipinski definition) is 1. The highest BCUT2D eigenvalue weighted by molar-refractivity contribution is 6.30. The molecule has 7 heteroatoms. The molecule has 0 aliphatic rings. The van der Waals surface area contributed by atoms with Gasteiger partial charge in [-0.2, -0.15) is 18.3 Å². The van der Waals surface area contributed by atoms with Gasteiger partial charge in [-0.3, -0.25) is 4.68 Å². The predicted octanol–water partition coefficient (Wildman–Crippen LogP) is 4.32. The molecule has 1 aromatic carbocycles. The number of nitrogens with zero attached hydrogens (tertiary/aromatic N) is 2. The lowest BCUT2D eigenvalue weighted by molar-refractivity contribution is -0.137. The van der Waals surface area contributed by atoms with Gasteiger partial charge in [0.1, 0.15) is 0 Å². The van der Waals surface area contributed by atoms with E-state index < -0.39 is 11.7 Å². The molecular weight excluding hydrogens is 303 g/mol. The summed E-state index contributed by atoms with van der Waals surface area (Å²) in [6.07, 6.45) is -4.42. The first kappa shape index (κ1) is 15.7. The first-order valence-electron chi connectivity index (χ1n) is 6.29. The molecule has 1 heterocycles. The molecule has 0 atom stereocenters. The first-order chi connectivity index (χ1) is 9.68. The van der Waals surface area contributed by atoms with Crippen LogP contribution >= 0.6 is 11.6 Å². The summed E-state index contributed by atoms with van der Waals surface area (Å²) in [6.45, 7) is 4.17. The van der Waals surface area contributed by atoms with E-state index in [0.29, 0.717) is 12.2 Å². The molecule has 1 aromatic heterocycles. The van der Waals surface area contributed by atoms with Crippen LogP contribution in [0.5, 0.6) is 0 Å². The van der Waals surface area contributed by atoms with Crippen LogP contribution in [0.2, 0.25) is 5.02 Å². The van der Waals surface area contributed by atoms with Gasteiger partial charge in [-0.15, -0.1) is 0 Å². The zero-order valence-corrected chi connectivity index (χ0v) is 12.6. The number of rotatable bonds is 3. The van der Waals surface area contributed by atoms with Gasteiger partial charge in [0.15, 0.2) is 0 Å². The maximum absolute atomic E-state index is 12.7. The number of alkyl halides is 3. The Morgan fingerprint density at radius 1 is 1.24 bits per heavy atom. The fraction of sp³-hybridized carbons (Fsp3) is 0.357. The highest BCUT2D eigenvalue weighted by Gasteiger charge is 2.31. The largest absolute Gasteiger partial charge is 0.416 e. The number of halogens is 4. The molecule has 2 rings (SSSR count). The van der Waals surface area contributed by atoms with Crippen molar-refractivity contribution in [2.75, 3.05) is 5.32 Å². The topological polar surface area (TPSA) is 29.9 Å². The second kappa shape index (κ2) is 5.60. The lowest BCUT2D eigenvalue weighted by Gasteiger charge is -2.12. The Labute approximate surface area is 125 Å². The lowest BCUT2D eigenvalue weighted by Crippen LogP contribution is -2.07. The molecule has 0 fully saturated rings. The monoisotopic (exact) mass is 317 g/mol. The van der Waals surface area contributed by atoms with Crippen molar-refractivity contribution in [2.45, 2.75) is 26.6 Å². The second-order valence-electron chi connectivity index (χ2n) is 4.85. The average molecular weight is 318 g/mol. The summed E-state index contributed by atoms with van der Waals surface area (Å²) in [5, 5.41) is 7.29. The summed E-state index contributed by atoms with van der Waals surface area (Å²) in [7, 11) is 1.83. The Kier molecular flexibility index (Phi) is 4.18. The maximum Gasteiger partial charge on any atom is 0.416 e. The fourth-order valence-corrected chi connectivity index (χ4v) is 2.35. The molecule has 3 nitrogen and oxygen atoms in total. The van der Waals surface area contributed by atoms with Gasteiger partial charge >= 0.3 is 6.18 Å². The third-order valence-electron chi connectivity index (χ3n) is 3.35. The van der Waals surface area contributed by atoms with Crippen molar-refractivity contribution < 1.29 is 13.2 Å². The van der Waals surface area contributed by atoms with Gasteiger partial charge in [0.2, 0.25) is 0 Å². The van der Waals surface area contributed by atoms with Gasteiger partial charge in [0, 0.05) is 35.6 Å². The van der Waals surface area contributed by atoms with E-state index in [-0.39, 0.29) is 5.02 Å². The van der Waals surface area contributed by atoms with Crippen molar-refractivity contribution in [1.29, 1.82) is 0 Å². The molecule has 0 radical (unpaired) electrons. The normalized spacial score (nSPS) is 11.8.